The predicted octanol–water partition coefficient (Wildman–Crippen LogP) is 9.23. The van der Waals surface area contributed by atoms with Gasteiger partial charge < -0.3 is 0 Å². The SMILES string of the molecule is CCCCCCCCc1ccc(C2CCC(CCc3ccc(N=C=S)cc3)CC2)cc1. The van der Waals surface area contributed by atoms with Crippen molar-refractivity contribution >= 4 is 23.1 Å². The smallest absolute Gasteiger partial charge is 0.0739 e. The van der Waals surface area contributed by atoms with Gasteiger partial charge in [-0.3, -0.25) is 0 Å². The zero-order valence-corrected chi connectivity index (χ0v) is 20.1. The summed E-state index contributed by atoms with van der Waals surface area (Å²) < 4.78 is 0. The van der Waals surface area contributed by atoms with Crippen LogP contribution in [0.15, 0.2) is 53.5 Å². The van der Waals surface area contributed by atoms with Crippen molar-refractivity contribution in [2.24, 2.45) is 10.9 Å². The highest BCUT2D eigenvalue weighted by Gasteiger charge is 2.22. The minimum atomic E-state index is 0.770. The van der Waals surface area contributed by atoms with Gasteiger partial charge in [-0.15, -0.1) is 0 Å². The first-order valence-corrected chi connectivity index (χ1v) is 12.9. The van der Waals surface area contributed by atoms with E-state index in [1.54, 1.807) is 5.56 Å². The molecule has 31 heavy (non-hydrogen) atoms. The van der Waals surface area contributed by atoms with Crippen molar-refractivity contribution < 1.29 is 0 Å². The number of nitrogens with zero attached hydrogens (tertiary/aromatic N) is 1. The molecular formula is C29H39NS. The molecule has 2 aromatic carbocycles. The molecule has 0 aliphatic heterocycles. The van der Waals surface area contributed by atoms with Crippen LogP contribution in [0.2, 0.25) is 0 Å². The number of unbranched alkanes of at least 4 members (excludes halogenated alkanes) is 5. The van der Waals surface area contributed by atoms with Crippen LogP contribution in [0.4, 0.5) is 5.69 Å². The second-order valence-corrected chi connectivity index (χ2v) is 9.57. The van der Waals surface area contributed by atoms with Crippen LogP contribution in [0.25, 0.3) is 0 Å². The van der Waals surface area contributed by atoms with E-state index in [4.69, 9.17) is 0 Å². The molecule has 1 nitrogen and oxygen atoms in total. The molecule has 1 aliphatic carbocycles. The zero-order valence-electron chi connectivity index (χ0n) is 19.3. The van der Waals surface area contributed by atoms with Gasteiger partial charge in [0.1, 0.15) is 0 Å². The summed E-state index contributed by atoms with van der Waals surface area (Å²) in [7, 11) is 0. The quantitative estimate of drug-likeness (QED) is 0.184. The van der Waals surface area contributed by atoms with Gasteiger partial charge in [0.15, 0.2) is 0 Å². The Morgan fingerprint density at radius 1 is 0.774 bits per heavy atom. The number of hydrogen-bond acceptors (Lipinski definition) is 2. The molecule has 0 unspecified atom stereocenters. The van der Waals surface area contributed by atoms with Gasteiger partial charge in [0.05, 0.1) is 10.8 Å². The lowest BCUT2D eigenvalue weighted by atomic mass is 9.77. The first-order chi connectivity index (χ1) is 15.3. The summed E-state index contributed by atoms with van der Waals surface area (Å²) in [5.74, 6) is 1.65. The van der Waals surface area contributed by atoms with Crippen LogP contribution in [0.1, 0.15) is 100 Å². The van der Waals surface area contributed by atoms with Crippen LogP contribution in [-0.2, 0) is 12.8 Å². The molecule has 0 heterocycles. The molecular weight excluding hydrogens is 394 g/mol. The summed E-state index contributed by atoms with van der Waals surface area (Å²) in [6, 6.07) is 18.1. The Hall–Kier alpha value is -1.76. The van der Waals surface area contributed by atoms with Gasteiger partial charge in [0, 0.05) is 0 Å². The number of benzene rings is 2. The summed E-state index contributed by atoms with van der Waals surface area (Å²) in [6.07, 6.45) is 17.4. The van der Waals surface area contributed by atoms with Crippen molar-refractivity contribution in [3.8, 4) is 0 Å². The first-order valence-electron chi connectivity index (χ1n) is 12.5. The van der Waals surface area contributed by atoms with Crippen LogP contribution in [-0.4, -0.2) is 5.16 Å². The Morgan fingerprint density at radius 2 is 1.39 bits per heavy atom. The van der Waals surface area contributed by atoms with Crippen molar-refractivity contribution in [1.29, 1.82) is 0 Å². The molecule has 2 heteroatoms. The molecule has 1 saturated carbocycles. The van der Waals surface area contributed by atoms with E-state index >= 15 is 0 Å². The third kappa shape index (κ3) is 8.36. The number of aliphatic imine (C=N–C) groups is 1. The molecule has 1 aliphatic rings. The minimum absolute atomic E-state index is 0.770. The second-order valence-electron chi connectivity index (χ2n) is 9.39. The van der Waals surface area contributed by atoms with E-state index in [9.17, 15) is 0 Å². The molecule has 166 valence electrons. The number of rotatable bonds is 12. The molecule has 0 atom stereocenters. The monoisotopic (exact) mass is 433 g/mol. The van der Waals surface area contributed by atoms with Gasteiger partial charge in [-0.1, -0.05) is 75.4 Å². The predicted molar refractivity (Wildman–Crippen MR) is 138 cm³/mol. The molecule has 0 amide bonds. The van der Waals surface area contributed by atoms with E-state index in [1.807, 2.05) is 12.1 Å². The van der Waals surface area contributed by atoms with E-state index in [0.717, 1.165) is 17.5 Å². The summed E-state index contributed by atoms with van der Waals surface area (Å²) in [6.45, 7) is 2.29. The fourth-order valence-corrected chi connectivity index (χ4v) is 5.12. The number of hydrogen-bond donors (Lipinski definition) is 0. The summed E-state index contributed by atoms with van der Waals surface area (Å²) in [4.78, 5) is 4.03. The zero-order chi connectivity index (χ0) is 21.7. The number of isothiocyanates is 1. The standard InChI is InChI=1S/C29H39NS/c1-2-3-4-5-6-7-8-24-11-17-27(18-12-24)28-19-13-25(14-20-28)9-10-26-15-21-29(22-16-26)30-23-31/h11-12,15-18,21-22,25,28H,2-10,13-14,19-20H2,1H3. The fraction of sp³-hybridized carbons (Fsp3) is 0.552. The maximum atomic E-state index is 4.67. The highest BCUT2D eigenvalue weighted by molar-refractivity contribution is 7.78. The molecule has 0 saturated heterocycles. The van der Waals surface area contributed by atoms with E-state index in [2.05, 4.69) is 65.7 Å². The topological polar surface area (TPSA) is 12.4 Å². The Morgan fingerprint density at radius 3 is 2.06 bits per heavy atom. The van der Waals surface area contributed by atoms with Crippen molar-refractivity contribution in [2.75, 3.05) is 0 Å². The summed E-state index contributed by atoms with van der Waals surface area (Å²) >= 11 is 4.67. The van der Waals surface area contributed by atoms with E-state index in [0.29, 0.717) is 0 Å². The van der Waals surface area contributed by atoms with Gasteiger partial charge in [-0.25, -0.2) is 0 Å². The van der Waals surface area contributed by atoms with E-state index in [-0.39, 0.29) is 0 Å². The lowest BCUT2D eigenvalue weighted by Crippen LogP contribution is -2.14. The average molecular weight is 434 g/mol. The van der Waals surface area contributed by atoms with E-state index in [1.165, 1.54) is 94.6 Å². The van der Waals surface area contributed by atoms with Gasteiger partial charge in [-0.05, 0) is 104 Å². The third-order valence-electron chi connectivity index (χ3n) is 7.07. The Bertz CT molecular complexity index is 794. The minimum Gasteiger partial charge on any atom is -0.195 e. The van der Waals surface area contributed by atoms with Crippen molar-refractivity contribution in [1.82, 2.24) is 0 Å². The van der Waals surface area contributed by atoms with Gasteiger partial charge >= 0.3 is 0 Å². The lowest BCUT2D eigenvalue weighted by Gasteiger charge is -2.29. The highest BCUT2D eigenvalue weighted by atomic mass is 32.1. The van der Waals surface area contributed by atoms with Crippen LogP contribution in [0.3, 0.4) is 0 Å². The van der Waals surface area contributed by atoms with Crippen molar-refractivity contribution in [2.45, 2.75) is 96.3 Å². The number of aryl methyl sites for hydroxylation is 2. The number of thiocarbonyl (C=S) groups is 1. The van der Waals surface area contributed by atoms with Crippen molar-refractivity contribution in [3.63, 3.8) is 0 Å². The van der Waals surface area contributed by atoms with Crippen LogP contribution in [0.5, 0.6) is 0 Å². The van der Waals surface area contributed by atoms with Crippen LogP contribution >= 0.6 is 12.2 Å². The van der Waals surface area contributed by atoms with Gasteiger partial charge in [-0.2, -0.15) is 4.99 Å². The fourth-order valence-electron chi connectivity index (χ4n) is 5.01. The maximum Gasteiger partial charge on any atom is 0.0739 e. The largest absolute Gasteiger partial charge is 0.195 e. The highest BCUT2D eigenvalue weighted by Crippen LogP contribution is 2.37. The molecule has 1 fully saturated rings. The normalized spacial score (nSPS) is 18.5. The molecule has 0 aromatic heterocycles. The first kappa shape index (κ1) is 23.9. The molecule has 2 aromatic rings. The Kier molecular flexibility index (Phi) is 10.5. The average Bonchev–Trinajstić information content (AvgIpc) is 2.82. The second kappa shape index (κ2) is 13.6. The maximum absolute atomic E-state index is 4.67. The molecule has 0 N–H and O–H groups in total. The van der Waals surface area contributed by atoms with Gasteiger partial charge in [0.25, 0.3) is 0 Å². The van der Waals surface area contributed by atoms with E-state index < -0.39 is 0 Å². The van der Waals surface area contributed by atoms with Crippen molar-refractivity contribution in [3.05, 3.63) is 65.2 Å². The molecule has 0 bridgehead atoms. The van der Waals surface area contributed by atoms with Crippen LogP contribution in [0, 0.1) is 5.92 Å². The summed E-state index contributed by atoms with van der Waals surface area (Å²) in [5, 5.41) is 2.43. The van der Waals surface area contributed by atoms with Crippen LogP contribution < -0.4 is 0 Å². The molecule has 3 rings (SSSR count). The molecule has 0 spiro atoms. The third-order valence-corrected chi connectivity index (χ3v) is 7.16. The lowest BCUT2D eigenvalue weighted by molar-refractivity contribution is 0.310. The summed E-state index contributed by atoms with van der Waals surface area (Å²) in [5.41, 5.74) is 5.40. The van der Waals surface area contributed by atoms with Gasteiger partial charge in [0.2, 0.25) is 0 Å². The molecule has 0 radical (unpaired) electrons. The Labute approximate surface area is 195 Å². The Balaban J connectivity index is 1.35.